The number of rotatable bonds is 6. The molecule has 1 aliphatic heterocycles. The molecule has 1 unspecified atom stereocenters. The van der Waals surface area contributed by atoms with E-state index in [1.807, 2.05) is 25.1 Å². The topological polar surface area (TPSA) is 38.3 Å². The van der Waals surface area contributed by atoms with Crippen molar-refractivity contribution in [3.05, 3.63) is 35.9 Å². The molecule has 1 saturated heterocycles. The van der Waals surface area contributed by atoms with Gasteiger partial charge in [0, 0.05) is 0 Å². The van der Waals surface area contributed by atoms with Crippen molar-refractivity contribution in [3.63, 3.8) is 0 Å². The fourth-order valence-electron chi connectivity index (χ4n) is 2.94. The zero-order valence-electron chi connectivity index (χ0n) is 12.3. The standard InChI is InChI=1S/C17H25NO2/c1-2-20-17(19)16(12-14-6-4-3-5-7-14)13-15-8-10-18-11-9-15/h3-7,15-16,18H,2,8-13H2,1H3. The molecule has 0 radical (unpaired) electrons. The van der Waals surface area contributed by atoms with Crippen LogP contribution < -0.4 is 5.32 Å². The highest BCUT2D eigenvalue weighted by Crippen LogP contribution is 2.25. The van der Waals surface area contributed by atoms with Gasteiger partial charge in [-0.2, -0.15) is 0 Å². The summed E-state index contributed by atoms with van der Waals surface area (Å²) >= 11 is 0. The molecule has 1 fully saturated rings. The van der Waals surface area contributed by atoms with Crippen LogP contribution in [0.1, 0.15) is 31.7 Å². The Morgan fingerprint density at radius 1 is 1.30 bits per heavy atom. The lowest BCUT2D eigenvalue weighted by atomic mass is 9.85. The van der Waals surface area contributed by atoms with Gasteiger partial charge in [0.05, 0.1) is 12.5 Å². The van der Waals surface area contributed by atoms with E-state index in [2.05, 4.69) is 17.4 Å². The molecule has 3 nitrogen and oxygen atoms in total. The highest BCUT2D eigenvalue weighted by Gasteiger charge is 2.25. The van der Waals surface area contributed by atoms with E-state index in [0.717, 1.165) is 25.9 Å². The minimum Gasteiger partial charge on any atom is -0.466 e. The second-order valence-corrected chi connectivity index (χ2v) is 5.57. The van der Waals surface area contributed by atoms with Crippen LogP contribution in [0.15, 0.2) is 30.3 Å². The third-order valence-electron chi connectivity index (χ3n) is 4.02. The molecule has 110 valence electrons. The Kier molecular flexibility index (Phi) is 6.06. The van der Waals surface area contributed by atoms with Crippen molar-refractivity contribution >= 4 is 5.97 Å². The molecule has 20 heavy (non-hydrogen) atoms. The molecule has 1 heterocycles. The van der Waals surface area contributed by atoms with Crippen LogP contribution in [0.3, 0.4) is 0 Å². The summed E-state index contributed by atoms with van der Waals surface area (Å²) in [5.74, 6) is 0.615. The molecule has 0 saturated carbocycles. The van der Waals surface area contributed by atoms with E-state index in [4.69, 9.17) is 4.74 Å². The smallest absolute Gasteiger partial charge is 0.309 e. The second kappa shape index (κ2) is 8.05. The molecule has 1 N–H and O–H groups in total. The van der Waals surface area contributed by atoms with Crippen molar-refractivity contribution in [3.8, 4) is 0 Å². The number of piperidine rings is 1. The Hall–Kier alpha value is -1.35. The lowest BCUT2D eigenvalue weighted by Crippen LogP contribution is -2.31. The van der Waals surface area contributed by atoms with E-state index in [1.165, 1.54) is 18.4 Å². The van der Waals surface area contributed by atoms with Crippen molar-refractivity contribution in [2.75, 3.05) is 19.7 Å². The van der Waals surface area contributed by atoms with Gasteiger partial charge in [0.15, 0.2) is 0 Å². The van der Waals surface area contributed by atoms with E-state index in [-0.39, 0.29) is 11.9 Å². The van der Waals surface area contributed by atoms with Crippen LogP contribution >= 0.6 is 0 Å². The number of ether oxygens (including phenoxy) is 1. The average molecular weight is 275 g/mol. The van der Waals surface area contributed by atoms with Gasteiger partial charge in [-0.3, -0.25) is 4.79 Å². The van der Waals surface area contributed by atoms with E-state index < -0.39 is 0 Å². The summed E-state index contributed by atoms with van der Waals surface area (Å²) in [6.07, 6.45) is 4.09. The summed E-state index contributed by atoms with van der Waals surface area (Å²) in [5.41, 5.74) is 1.22. The van der Waals surface area contributed by atoms with Gasteiger partial charge in [-0.15, -0.1) is 0 Å². The highest BCUT2D eigenvalue weighted by atomic mass is 16.5. The van der Waals surface area contributed by atoms with Crippen LogP contribution in [-0.2, 0) is 16.0 Å². The van der Waals surface area contributed by atoms with Gasteiger partial charge >= 0.3 is 5.97 Å². The lowest BCUT2D eigenvalue weighted by molar-refractivity contribution is -0.148. The van der Waals surface area contributed by atoms with Crippen molar-refractivity contribution in [2.24, 2.45) is 11.8 Å². The van der Waals surface area contributed by atoms with Crippen LogP contribution in [-0.4, -0.2) is 25.7 Å². The van der Waals surface area contributed by atoms with Gasteiger partial charge in [0.25, 0.3) is 0 Å². The van der Waals surface area contributed by atoms with Crippen molar-refractivity contribution in [2.45, 2.75) is 32.6 Å². The minimum absolute atomic E-state index is 0.000417. The first-order valence-electron chi connectivity index (χ1n) is 7.71. The fourth-order valence-corrected chi connectivity index (χ4v) is 2.94. The Morgan fingerprint density at radius 2 is 2.00 bits per heavy atom. The Bertz CT molecular complexity index is 399. The molecule has 1 atom stereocenters. The molecule has 2 rings (SSSR count). The van der Waals surface area contributed by atoms with E-state index in [1.54, 1.807) is 0 Å². The maximum absolute atomic E-state index is 12.2. The number of nitrogens with one attached hydrogen (secondary N) is 1. The van der Waals surface area contributed by atoms with Crippen molar-refractivity contribution < 1.29 is 9.53 Å². The molecule has 0 aromatic heterocycles. The van der Waals surface area contributed by atoms with E-state index in [9.17, 15) is 4.79 Å². The van der Waals surface area contributed by atoms with Crippen molar-refractivity contribution in [1.29, 1.82) is 0 Å². The van der Waals surface area contributed by atoms with Crippen LogP contribution in [0.5, 0.6) is 0 Å². The largest absolute Gasteiger partial charge is 0.466 e. The summed E-state index contributed by atoms with van der Waals surface area (Å²) in [7, 11) is 0. The normalized spacial score (nSPS) is 17.6. The second-order valence-electron chi connectivity index (χ2n) is 5.57. The third kappa shape index (κ3) is 4.64. The maximum atomic E-state index is 12.2. The Morgan fingerprint density at radius 3 is 2.65 bits per heavy atom. The first kappa shape index (κ1) is 15.0. The summed E-state index contributed by atoms with van der Waals surface area (Å²) in [5, 5.41) is 3.38. The summed E-state index contributed by atoms with van der Waals surface area (Å²) in [4.78, 5) is 12.2. The summed E-state index contributed by atoms with van der Waals surface area (Å²) in [6, 6.07) is 10.3. The van der Waals surface area contributed by atoms with Crippen LogP contribution in [0.25, 0.3) is 0 Å². The Labute approximate surface area is 121 Å². The van der Waals surface area contributed by atoms with Gasteiger partial charge < -0.3 is 10.1 Å². The number of carbonyl (C=O) groups is 1. The molecular formula is C17H25NO2. The molecule has 0 bridgehead atoms. The quantitative estimate of drug-likeness (QED) is 0.811. The van der Waals surface area contributed by atoms with Crippen LogP contribution in [0, 0.1) is 11.8 Å². The van der Waals surface area contributed by atoms with Crippen LogP contribution in [0.4, 0.5) is 0 Å². The average Bonchev–Trinajstić information content (AvgIpc) is 2.49. The number of esters is 1. The predicted octanol–water partition coefficient (Wildman–Crippen LogP) is 2.80. The number of benzene rings is 1. The third-order valence-corrected chi connectivity index (χ3v) is 4.02. The van der Waals surface area contributed by atoms with Gasteiger partial charge in [0.1, 0.15) is 0 Å². The van der Waals surface area contributed by atoms with E-state index >= 15 is 0 Å². The summed E-state index contributed by atoms with van der Waals surface area (Å²) < 4.78 is 5.26. The van der Waals surface area contributed by atoms with Gasteiger partial charge in [0.2, 0.25) is 0 Å². The lowest BCUT2D eigenvalue weighted by Gasteiger charge is -2.26. The van der Waals surface area contributed by atoms with Gasteiger partial charge in [-0.05, 0) is 57.2 Å². The first-order chi connectivity index (χ1) is 9.79. The molecule has 1 aromatic rings. The first-order valence-corrected chi connectivity index (χ1v) is 7.71. The predicted molar refractivity (Wildman–Crippen MR) is 80.5 cm³/mol. The van der Waals surface area contributed by atoms with E-state index in [0.29, 0.717) is 12.5 Å². The molecular weight excluding hydrogens is 250 g/mol. The molecule has 0 spiro atoms. The summed E-state index contributed by atoms with van der Waals surface area (Å²) in [6.45, 7) is 4.50. The molecule has 3 heteroatoms. The zero-order chi connectivity index (χ0) is 14.2. The monoisotopic (exact) mass is 275 g/mol. The Balaban J connectivity index is 1.98. The molecule has 1 aromatic carbocycles. The van der Waals surface area contributed by atoms with Gasteiger partial charge in [-0.1, -0.05) is 30.3 Å². The van der Waals surface area contributed by atoms with Gasteiger partial charge in [-0.25, -0.2) is 0 Å². The van der Waals surface area contributed by atoms with Crippen molar-refractivity contribution in [1.82, 2.24) is 5.32 Å². The zero-order valence-corrected chi connectivity index (χ0v) is 12.3. The number of hydrogen-bond acceptors (Lipinski definition) is 3. The fraction of sp³-hybridized carbons (Fsp3) is 0.588. The molecule has 1 aliphatic rings. The maximum Gasteiger partial charge on any atom is 0.309 e. The molecule has 0 amide bonds. The molecule has 0 aliphatic carbocycles. The number of hydrogen-bond donors (Lipinski definition) is 1. The highest BCUT2D eigenvalue weighted by molar-refractivity contribution is 5.72. The van der Waals surface area contributed by atoms with Crippen LogP contribution in [0.2, 0.25) is 0 Å². The SMILES string of the molecule is CCOC(=O)C(Cc1ccccc1)CC1CCNCC1. The minimum atomic E-state index is -0.0325. The number of carbonyl (C=O) groups excluding carboxylic acids is 1.